The van der Waals surface area contributed by atoms with Crippen LogP contribution in [0.4, 0.5) is 0 Å². The summed E-state index contributed by atoms with van der Waals surface area (Å²) in [5, 5.41) is 3.27. The minimum Gasteiger partial charge on any atom is -0.373 e. The van der Waals surface area contributed by atoms with Gasteiger partial charge in [-0.15, -0.1) is 0 Å². The van der Waals surface area contributed by atoms with Gasteiger partial charge in [0.05, 0.1) is 0 Å². The minimum absolute atomic E-state index is 0.329. The van der Waals surface area contributed by atoms with Gasteiger partial charge < -0.3 is 4.74 Å². The fraction of sp³-hybridized carbons (Fsp3) is 1.00. The van der Waals surface area contributed by atoms with E-state index in [0.29, 0.717) is 6.61 Å². The molecule has 46 valence electrons. The Morgan fingerprint density at radius 2 is 2.50 bits per heavy atom. The highest BCUT2D eigenvalue weighted by Gasteiger charge is 1.91. The highest BCUT2D eigenvalue weighted by Crippen LogP contribution is 1.90. The lowest BCUT2D eigenvalue weighted by Gasteiger charge is -2.00. The molecule has 0 spiro atoms. The molecule has 0 amide bonds. The lowest BCUT2D eigenvalue weighted by Crippen LogP contribution is -2.01. The van der Waals surface area contributed by atoms with Crippen molar-refractivity contribution in [1.82, 2.24) is 0 Å². The third-order valence-corrected chi connectivity index (χ3v) is 0.622. The maximum absolute atomic E-state index is 7.84. The van der Waals surface area contributed by atoms with Gasteiger partial charge in [-0.05, 0) is 19.4 Å². The highest BCUT2D eigenvalue weighted by atomic mass is 16.5. The second kappa shape index (κ2) is 4.43. The van der Waals surface area contributed by atoms with Gasteiger partial charge in [-0.3, -0.25) is 0 Å². The van der Waals surface area contributed by atoms with E-state index in [0.717, 1.165) is 0 Å². The van der Waals surface area contributed by atoms with Crippen molar-refractivity contribution in [3.8, 4) is 0 Å². The number of hydrogen-bond acceptors (Lipinski definition) is 2. The Hall–Kier alpha value is -0.730. The molecule has 0 rings (SSSR count). The molecule has 1 unspecified atom stereocenters. The lowest BCUT2D eigenvalue weighted by atomic mass is 10.7. The summed E-state index contributed by atoms with van der Waals surface area (Å²) in [6.07, 6.45) is -0.329. The van der Waals surface area contributed by atoms with Gasteiger partial charge in [-0.25, -0.2) is 0 Å². The summed E-state index contributed by atoms with van der Waals surface area (Å²) >= 11 is 0. The van der Waals surface area contributed by atoms with Gasteiger partial charge in [-0.1, -0.05) is 5.11 Å². The van der Waals surface area contributed by atoms with Crippen molar-refractivity contribution < 1.29 is 4.74 Å². The van der Waals surface area contributed by atoms with Crippen molar-refractivity contribution in [2.24, 2.45) is 5.11 Å². The van der Waals surface area contributed by atoms with Gasteiger partial charge in [0.15, 0.2) is 0 Å². The molecule has 0 bridgehead atoms. The van der Waals surface area contributed by atoms with E-state index < -0.39 is 0 Å². The van der Waals surface area contributed by atoms with Crippen LogP contribution in [0.5, 0.6) is 0 Å². The Labute approximate surface area is 48.1 Å². The second-order valence-electron chi connectivity index (χ2n) is 1.26. The Morgan fingerprint density at radius 1 is 1.88 bits per heavy atom. The van der Waals surface area contributed by atoms with Gasteiger partial charge in [0, 0.05) is 11.5 Å². The van der Waals surface area contributed by atoms with Crippen LogP contribution in [0.25, 0.3) is 10.4 Å². The molecule has 4 heteroatoms. The average molecular weight is 115 g/mol. The molecule has 0 aromatic heterocycles. The number of hydrogen-bond donors (Lipinski definition) is 0. The van der Waals surface area contributed by atoms with Crippen LogP contribution >= 0.6 is 0 Å². The Bertz CT molecular complexity index is 97.5. The van der Waals surface area contributed by atoms with Crippen LogP contribution in [0.3, 0.4) is 0 Å². The van der Waals surface area contributed by atoms with E-state index in [9.17, 15) is 0 Å². The molecule has 0 aliphatic heterocycles. The largest absolute Gasteiger partial charge is 0.373 e. The van der Waals surface area contributed by atoms with Crippen LogP contribution < -0.4 is 0 Å². The average Bonchev–Trinajstić information content (AvgIpc) is 1.68. The van der Waals surface area contributed by atoms with Crippen LogP contribution in [0.15, 0.2) is 5.11 Å². The summed E-state index contributed by atoms with van der Waals surface area (Å²) in [6.45, 7) is 4.13. The standard InChI is InChI=1S/C4H9N3O/c1-3-8-4(2)6-7-5/h4H,3H2,1-2H3. The molecule has 0 fully saturated rings. The van der Waals surface area contributed by atoms with Gasteiger partial charge in [0.2, 0.25) is 0 Å². The first kappa shape index (κ1) is 7.27. The van der Waals surface area contributed by atoms with Gasteiger partial charge in [0.1, 0.15) is 6.23 Å². The quantitative estimate of drug-likeness (QED) is 0.313. The van der Waals surface area contributed by atoms with E-state index in [2.05, 4.69) is 10.0 Å². The van der Waals surface area contributed by atoms with E-state index in [-0.39, 0.29) is 6.23 Å². The van der Waals surface area contributed by atoms with Crippen molar-refractivity contribution >= 4 is 0 Å². The molecular formula is C4H9N3O. The molecule has 0 saturated heterocycles. The zero-order valence-corrected chi connectivity index (χ0v) is 5.03. The van der Waals surface area contributed by atoms with Crippen LogP contribution in [-0.2, 0) is 4.74 Å². The zero-order valence-electron chi connectivity index (χ0n) is 5.03. The van der Waals surface area contributed by atoms with Crippen molar-refractivity contribution in [3.63, 3.8) is 0 Å². The summed E-state index contributed by atoms with van der Waals surface area (Å²) < 4.78 is 4.86. The number of azide groups is 1. The maximum atomic E-state index is 7.84. The van der Waals surface area contributed by atoms with Gasteiger partial charge >= 0.3 is 0 Å². The molecule has 4 nitrogen and oxygen atoms in total. The lowest BCUT2D eigenvalue weighted by molar-refractivity contribution is 0.0816. The molecule has 0 aliphatic carbocycles. The summed E-state index contributed by atoms with van der Waals surface area (Å²) in [6, 6.07) is 0. The fourth-order valence-electron chi connectivity index (χ4n) is 0.347. The van der Waals surface area contributed by atoms with E-state index in [1.807, 2.05) is 6.92 Å². The van der Waals surface area contributed by atoms with E-state index in [1.54, 1.807) is 6.92 Å². The van der Waals surface area contributed by atoms with Crippen molar-refractivity contribution in [2.45, 2.75) is 20.1 Å². The topological polar surface area (TPSA) is 58.0 Å². The van der Waals surface area contributed by atoms with Crippen LogP contribution in [0, 0.1) is 0 Å². The predicted octanol–water partition coefficient (Wildman–Crippen LogP) is 1.68. The van der Waals surface area contributed by atoms with E-state index in [1.165, 1.54) is 0 Å². The van der Waals surface area contributed by atoms with Gasteiger partial charge in [0.25, 0.3) is 0 Å². The number of rotatable bonds is 3. The first-order valence-electron chi connectivity index (χ1n) is 2.47. The molecule has 0 N–H and O–H groups in total. The summed E-state index contributed by atoms with van der Waals surface area (Å²) in [7, 11) is 0. The minimum atomic E-state index is -0.329. The molecule has 0 radical (unpaired) electrons. The molecule has 0 aliphatic rings. The maximum Gasteiger partial charge on any atom is 0.133 e. The van der Waals surface area contributed by atoms with Crippen molar-refractivity contribution in [3.05, 3.63) is 10.4 Å². The highest BCUT2D eigenvalue weighted by molar-refractivity contribution is 4.45. The zero-order chi connectivity index (χ0) is 6.41. The first-order chi connectivity index (χ1) is 3.81. The normalized spacial score (nSPS) is 12.2. The van der Waals surface area contributed by atoms with E-state index in [4.69, 9.17) is 10.3 Å². The Balaban J connectivity index is 3.31. The monoisotopic (exact) mass is 115 g/mol. The second-order valence-corrected chi connectivity index (χ2v) is 1.26. The summed E-state index contributed by atoms with van der Waals surface area (Å²) in [5.41, 5.74) is 7.84. The summed E-state index contributed by atoms with van der Waals surface area (Å²) in [5.74, 6) is 0. The summed E-state index contributed by atoms with van der Waals surface area (Å²) in [4.78, 5) is 2.55. The smallest absolute Gasteiger partial charge is 0.133 e. The fourth-order valence-corrected chi connectivity index (χ4v) is 0.347. The first-order valence-corrected chi connectivity index (χ1v) is 2.47. The third-order valence-electron chi connectivity index (χ3n) is 0.622. The van der Waals surface area contributed by atoms with Crippen LogP contribution in [0.1, 0.15) is 13.8 Å². The van der Waals surface area contributed by atoms with Crippen LogP contribution in [0.2, 0.25) is 0 Å². The predicted molar refractivity (Wildman–Crippen MR) is 30.2 cm³/mol. The molecule has 0 aromatic rings. The SMILES string of the molecule is CCOC(C)N=[N+]=[N-]. The van der Waals surface area contributed by atoms with Gasteiger partial charge in [-0.2, -0.15) is 0 Å². The van der Waals surface area contributed by atoms with Crippen LogP contribution in [-0.4, -0.2) is 12.8 Å². The van der Waals surface area contributed by atoms with E-state index >= 15 is 0 Å². The molecule has 0 saturated carbocycles. The van der Waals surface area contributed by atoms with Crippen molar-refractivity contribution in [1.29, 1.82) is 0 Å². The molecule has 0 heterocycles. The van der Waals surface area contributed by atoms with Crippen molar-refractivity contribution in [2.75, 3.05) is 6.61 Å². The third kappa shape index (κ3) is 3.46. The Kier molecular flexibility index (Phi) is 4.03. The number of ether oxygens (including phenoxy) is 1. The Morgan fingerprint density at radius 3 is 2.88 bits per heavy atom. The molecule has 8 heavy (non-hydrogen) atoms. The number of nitrogens with zero attached hydrogens (tertiary/aromatic N) is 3. The molecule has 1 atom stereocenters. The molecule has 0 aromatic carbocycles. The molecular weight excluding hydrogens is 106 g/mol.